The highest BCUT2D eigenvalue weighted by molar-refractivity contribution is 5.94. The fourth-order valence-electron chi connectivity index (χ4n) is 3.78. The van der Waals surface area contributed by atoms with Gasteiger partial charge in [-0.15, -0.1) is 0 Å². The van der Waals surface area contributed by atoms with Gasteiger partial charge in [0.1, 0.15) is 11.5 Å². The number of ether oxygens (including phenoxy) is 2. The third-order valence-corrected chi connectivity index (χ3v) is 5.75. The van der Waals surface area contributed by atoms with Gasteiger partial charge in [-0.25, -0.2) is 0 Å². The van der Waals surface area contributed by atoms with Crippen LogP contribution in [0.25, 0.3) is 0 Å². The largest absolute Gasteiger partial charge is 0.497 e. The Labute approximate surface area is 174 Å². The molecule has 0 spiro atoms. The Morgan fingerprint density at radius 3 is 2.41 bits per heavy atom. The minimum Gasteiger partial charge on any atom is -0.497 e. The van der Waals surface area contributed by atoms with Gasteiger partial charge in [0.2, 0.25) is 0 Å². The highest BCUT2D eigenvalue weighted by Gasteiger charge is 2.18. The van der Waals surface area contributed by atoms with Gasteiger partial charge in [0, 0.05) is 17.7 Å². The molecule has 0 radical (unpaired) electrons. The van der Waals surface area contributed by atoms with Crippen LogP contribution in [0.3, 0.4) is 0 Å². The van der Waals surface area contributed by atoms with E-state index >= 15 is 0 Å². The lowest BCUT2D eigenvalue weighted by Gasteiger charge is -2.30. The summed E-state index contributed by atoms with van der Waals surface area (Å²) in [5, 5.41) is 3.06. The van der Waals surface area contributed by atoms with Crippen LogP contribution in [0.5, 0.6) is 11.5 Å². The molecule has 0 bridgehead atoms. The van der Waals surface area contributed by atoms with Crippen LogP contribution < -0.4 is 14.8 Å². The van der Waals surface area contributed by atoms with E-state index in [9.17, 15) is 4.79 Å². The van der Waals surface area contributed by atoms with Gasteiger partial charge in [-0.2, -0.15) is 0 Å². The third kappa shape index (κ3) is 5.51. The number of hydrogen-bond donors (Lipinski definition) is 1. The number of likely N-dealkylation sites (tertiary alicyclic amines) is 1. The van der Waals surface area contributed by atoms with Gasteiger partial charge < -0.3 is 14.8 Å². The van der Waals surface area contributed by atoms with Crippen molar-refractivity contribution in [3.8, 4) is 11.5 Å². The van der Waals surface area contributed by atoms with Crippen LogP contribution in [0.2, 0.25) is 0 Å². The van der Waals surface area contributed by atoms with Crippen LogP contribution >= 0.6 is 0 Å². The third-order valence-electron chi connectivity index (χ3n) is 5.75. The molecule has 5 nitrogen and oxygen atoms in total. The molecule has 29 heavy (non-hydrogen) atoms. The van der Waals surface area contributed by atoms with E-state index in [4.69, 9.17) is 9.47 Å². The fraction of sp³-hybridized carbons (Fsp3) is 0.458. The number of nitrogens with one attached hydrogen (secondary N) is 1. The van der Waals surface area contributed by atoms with Crippen molar-refractivity contribution >= 4 is 5.91 Å². The zero-order valence-electron chi connectivity index (χ0n) is 17.9. The fourth-order valence-corrected chi connectivity index (χ4v) is 3.78. The molecule has 1 fully saturated rings. The number of benzene rings is 2. The van der Waals surface area contributed by atoms with Crippen molar-refractivity contribution in [1.29, 1.82) is 0 Å². The molecule has 1 N–H and O–H groups in total. The summed E-state index contributed by atoms with van der Waals surface area (Å²) in [7, 11) is 3.25. The van der Waals surface area contributed by atoms with Crippen molar-refractivity contribution in [2.75, 3.05) is 27.3 Å². The number of piperidine rings is 1. The standard InChI is InChI=1S/C24H32N2O3/c1-17-11-13-26(14-12-17)16-19-5-7-20(8-6-19)24(27)25-18(2)22-15-21(28-3)9-10-23(22)29-4/h5-10,15,17-18H,11-14,16H2,1-4H3,(H,25,27)/t18-/m1/s1. The van der Waals surface area contributed by atoms with E-state index in [0.717, 1.165) is 42.6 Å². The summed E-state index contributed by atoms with van der Waals surface area (Å²) in [6, 6.07) is 13.3. The molecule has 1 saturated heterocycles. The highest BCUT2D eigenvalue weighted by Crippen LogP contribution is 2.29. The van der Waals surface area contributed by atoms with Gasteiger partial charge >= 0.3 is 0 Å². The minimum atomic E-state index is -0.206. The molecule has 1 heterocycles. The van der Waals surface area contributed by atoms with E-state index in [1.165, 1.54) is 18.4 Å². The lowest BCUT2D eigenvalue weighted by atomic mass is 9.99. The molecule has 1 amide bonds. The lowest BCUT2D eigenvalue weighted by molar-refractivity contribution is 0.0939. The molecule has 1 aliphatic heterocycles. The highest BCUT2D eigenvalue weighted by atomic mass is 16.5. The number of methoxy groups -OCH3 is 2. The van der Waals surface area contributed by atoms with E-state index in [0.29, 0.717) is 5.56 Å². The van der Waals surface area contributed by atoms with E-state index in [-0.39, 0.29) is 11.9 Å². The molecule has 5 heteroatoms. The van der Waals surface area contributed by atoms with Crippen LogP contribution in [0.15, 0.2) is 42.5 Å². The number of carbonyl (C=O) groups is 1. The molecule has 1 aliphatic rings. The van der Waals surface area contributed by atoms with E-state index in [1.54, 1.807) is 14.2 Å². The zero-order valence-corrected chi connectivity index (χ0v) is 17.9. The SMILES string of the molecule is COc1ccc(OC)c([C@@H](C)NC(=O)c2ccc(CN3CCC(C)CC3)cc2)c1. The Balaban J connectivity index is 1.62. The van der Waals surface area contributed by atoms with Crippen molar-refractivity contribution in [2.24, 2.45) is 5.92 Å². The maximum absolute atomic E-state index is 12.7. The summed E-state index contributed by atoms with van der Waals surface area (Å²) in [4.78, 5) is 15.2. The van der Waals surface area contributed by atoms with Gasteiger partial charge in [0.25, 0.3) is 5.91 Å². The van der Waals surface area contributed by atoms with Crippen LogP contribution in [0.4, 0.5) is 0 Å². The summed E-state index contributed by atoms with van der Waals surface area (Å²) in [5.41, 5.74) is 2.80. The van der Waals surface area contributed by atoms with E-state index in [1.807, 2.05) is 37.3 Å². The molecule has 0 saturated carbocycles. The zero-order chi connectivity index (χ0) is 20.8. The topological polar surface area (TPSA) is 50.8 Å². The number of carbonyl (C=O) groups excluding carboxylic acids is 1. The van der Waals surface area contributed by atoms with Crippen molar-refractivity contribution in [1.82, 2.24) is 10.2 Å². The molecule has 3 rings (SSSR count). The Hall–Kier alpha value is -2.53. The smallest absolute Gasteiger partial charge is 0.251 e. The number of hydrogen-bond acceptors (Lipinski definition) is 4. The molecule has 0 aromatic heterocycles. The number of nitrogens with zero attached hydrogens (tertiary/aromatic N) is 1. The van der Waals surface area contributed by atoms with Crippen molar-refractivity contribution < 1.29 is 14.3 Å². The number of amides is 1. The second-order valence-electron chi connectivity index (χ2n) is 7.96. The van der Waals surface area contributed by atoms with Gasteiger partial charge in [-0.05, 0) is 74.7 Å². The monoisotopic (exact) mass is 396 g/mol. The molecule has 2 aromatic rings. The predicted octanol–water partition coefficient (Wildman–Crippen LogP) is 4.43. The van der Waals surface area contributed by atoms with Crippen LogP contribution in [-0.2, 0) is 6.54 Å². The van der Waals surface area contributed by atoms with E-state index in [2.05, 4.69) is 29.3 Å². The molecule has 156 valence electrons. The van der Waals surface area contributed by atoms with Crippen LogP contribution in [0, 0.1) is 5.92 Å². The molecule has 0 unspecified atom stereocenters. The first-order valence-corrected chi connectivity index (χ1v) is 10.3. The average molecular weight is 397 g/mol. The van der Waals surface area contributed by atoms with Gasteiger partial charge in [0.05, 0.1) is 20.3 Å². The summed E-state index contributed by atoms with van der Waals surface area (Å²) in [6.45, 7) is 7.53. The molecule has 0 aliphatic carbocycles. The Morgan fingerprint density at radius 2 is 1.79 bits per heavy atom. The van der Waals surface area contributed by atoms with Gasteiger partial charge in [-0.1, -0.05) is 19.1 Å². The van der Waals surface area contributed by atoms with Crippen molar-refractivity contribution in [2.45, 2.75) is 39.3 Å². The molecule has 1 atom stereocenters. The normalized spacial score (nSPS) is 16.3. The Morgan fingerprint density at radius 1 is 1.10 bits per heavy atom. The summed E-state index contributed by atoms with van der Waals surface area (Å²) < 4.78 is 10.7. The van der Waals surface area contributed by atoms with Gasteiger partial charge in [-0.3, -0.25) is 9.69 Å². The maximum atomic E-state index is 12.7. The first-order chi connectivity index (χ1) is 14.0. The Bertz CT molecular complexity index is 811. The molecular formula is C24H32N2O3. The minimum absolute atomic E-state index is 0.0966. The van der Waals surface area contributed by atoms with Crippen LogP contribution in [-0.4, -0.2) is 38.1 Å². The molecular weight excluding hydrogens is 364 g/mol. The second kappa shape index (κ2) is 9.79. The summed E-state index contributed by atoms with van der Waals surface area (Å²) in [5.74, 6) is 2.20. The molecule has 2 aromatic carbocycles. The summed E-state index contributed by atoms with van der Waals surface area (Å²) in [6.07, 6.45) is 2.54. The number of rotatable bonds is 7. The first kappa shape index (κ1) is 21.2. The quantitative estimate of drug-likeness (QED) is 0.752. The van der Waals surface area contributed by atoms with E-state index < -0.39 is 0 Å². The van der Waals surface area contributed by atoms with Crippen molar-refractivity contribution in [3.63, 3.8) is 0 Å². The lowest BCUT2D eigenvalue weighted by Crippen LogP contribution is -2.32. The Kier molecular flexibility index (Phi) is 7.15. The predicted molar refractivity (Wildman–Crippen MR) is 116 cm³/mol. The first-order valence-electron chi connectivity index (χ1n) is 10.3. The van der Waals surface area contributed by atoms with Crippen LogP contribution in [0.1, 0.15) is 54.2 Å². The van der Waals surface area contributed by atoms with Crippen molar-refractivity contribution in [3.05, 3.63) is 59.2 Å². The second-order valence-corrected chi connectivity index (χ2v) is 7.96. The van der Waals surface area contributed by atoms with Gasteiger partial charge in [0.15, 0.2) is 0 Å². The summed E-state index contributed by atoms with van der Waals surface area (Å²) >= 11 is 0. The maximum Gasteiger partial charge on any atom is 0.251 e. The average Bonchev–Trinajstić information content (AvgIpc) is 2.75.